The fourth-order valence-corrected chi connectivity index (χ4v) is 3.45. The van der Waals surface area contributed by atoms with Gasteiger partial charge in [0.2, 0.25) is 11.8 Å². The SMILES string of the molecule is O=C1[C@H]2CCCC[C@H]2C(=O)N1c1ccc([N+](=O)[O-])cc1Cl. The highest BCUT2D eigenvalue weighted by Gasteiger charge is 2.49. The maximum absolute atomic E-state index is 12.4. The van der Waals surface area contributed by atoms with E-state index >= 15 is 0 Å². The van der Waals surface area contributed by atoms with Crippen molar-refractivity contribution < 1.29 is 14.5 Å². The van der Waals surface area contributed by atoms with Crippen LogP contribution >= 0.6 is 11.6 Å². The fraction of sp³-hybridized carbons (Fsp3) is 0.429. The Kier molecular flexibility index (Phi) is 3.41. The van der Waals surface area contributed by atoms with Crippen molar-refractivity contribution in [1.82, 2.24) is 0 Å². The summed E-state index contributed by atoms with van der Waals surface area (Å²) in [4.78, 5) is 36.1. The van der Waals surface area contributed by atoms with Crippen LogP contribution in [0.5, 0.6) is 0 Å². The van der Waals surface area contributed by atoms with Crippen LogP contribution in [0.3, 0.4) is 0 Å². The molecule has 1 heterocycles. The number of carbonyl (C=O) groups is 2. The van der Waals surface area contributed by atoms with Crippen molar-refractivity contribution in [3.8, 4) is 0 Å². The zero-order chi connectivity index (χ0) is 15.1. The first-order chi connectivity index (χ1) is 10.0. The van der Waals surface area contributed by atoms with Gasteiger partial charge in [-0.3, -0.25) is 19.7 Å². The zero-order valence-corrected chi connectivity index (χ0v) is 11.9. The summed E-state index contributed by atoms with van der Waals surface area (Å²) in [5.41, 5.74) is 0.0759. The van der Waals surface area contributed by atoms with Crippen molar-refractivity contribution in [1.29, 1.82) is 0 Å². The molecule has 0 spiro atoms. The minimum Gasteiger partial charge on any atom is -0.274 e. The Morgan fingerprint density at radius 1 is 1.14 bits per heavy atom. The van der Waals surface area contributed by atoms with E-state index < -0.39 is 4.92 Å². The second-order valence-electron chi connectivity index (χ2n) is 5.40. The first-order valence-corrected chi connectivity index (χ1v) is 7.20. The number of anilines is 1. The molecule has 1 aromatic rings. The third-order valence-electron chi connectivity index (χ3n) is 4.22. The monoisotopic (exact) mass is 308 g/mol. The largest absolute Gasteiger partial charge is 0.274 e. The first-order valence-electron chi connectivity index (χ1n) is 6.82. The van der Waals surface area contributed by atoms with E-state index in [1.807, 2.05) is 0 Å². The molecular formula is C14H13ClN2O4. The van der Waals surface area contributed by atoms with Gasteiger partial charge >= 0.3 is 0 Å². The minimum atomic E-state index is -0.566. The number of nitro benzene ring substituents is 1. The molecule has 1 aromatic carbocycles. The molecular weight excluding hydrogens is 296 g/mol. The number of fused-ring (bicyclic) bond motifs is 1. The van der Waals surface area contributed by atoms with E-state index in [2.05, 4.69) is 0 Å². The van der Waals surface area contributed by atoms with Gasteiger partial charge < -0.3 is 0 Å². The van der Waals surface area contributed by atoms with Gasteiger partial charge in [0.15, 0.2) is 0 Å². The molecule has 1 saturated carbocycles. The number of halogens is 1. The summed E-state index contributed by atoms with van der Waals surface area (Å²) in [5, 5.41) is 10.8. The molecule has 0 unspecified atom stereocenters. The maximum Gasteiger partial charge on any atom is 0.271 e. The molecule has 2 fully saturated rings. The number of amides is 2. The smallest absolute Gasteiger partial charge is 0.271 e. The topological polar surface area (TPSA) is 80.5 Å². The second kappa shape index (κ2) is 5.11. The van der Waals surface area contributed by atoms with E-state index in [1.165, 1.54) is 18.2 Å². The van der Waals surface area contributed by atoms with Crippen LogP contribution in [-0.4, -0.2) is 16.7 Å². The molecule has 0 radical (unpaired) electrons. The minimum absolute atomic E-state index is 0.0459. The van der Waals surface area contributed by atoms with Crippen molar-refractivity contribution in [2.24, 2.45) is 11.8 Å². The third kappa shape index (κ3) is 2.19. The van der Waals surface area contributed by atoms with Crippen molar-refractivity contribution in [2.75, 3.05) is 4.90 Å². The summed E-state index contributed by atoms with van der Waals surface area (Å²) in [6.07, 6.45) is 3.33. The zero-order valence-electron chi connectivity index (χ0n) is 11.1. The molecule has 6 nitrogen and oxygen atoms in total. The van der Waals surface area contributed by atoms with Crippen molar-refractivity contribution in [2.45, 2.75) is 25.7 Å². The van der Waals surface area contributed by atoms with Gasteiger partial charge in [-0.05, 0) is 18.9 Å². The van der Waals surface area contributed by atoms with E-state index in [9.17, 15) is 19.7 Å². The lowest BCUT2D eigenvalue weighted by atomic mass is 9.81. The molecule has 2 aliphatic rings. The van der Waals surface area contributed by atoms with Crippen LogP contribution in [0.1, 0.15) is 25.7 Å². The highest BCUT2D eigenvalue weighted by molar-refractivity contribution is 6.36. The van der Waals surface area contributed by atoms with Gasteiger partial charge in [0.1, 0.15) is 0 Å². The predicted molar refractivity (Wildman–Crippen MR) is 76.0 cm³/mol. The Labute approximate surface area is 125 Å². The van der Waals surface area contributed by atoms with E-state index in [0.717, 1.165) is 30.6 Å². The Morgan fingerprint density at radius 3 is 2.19 bits per heavy atom. The van der Waals surface area contributed by atoms with Gasteiger partial charge in [-0.15, -0.1) is 0 Å². The normalized spacial score (nSPS) is 25.1. The van der Waals surface area contributed by atoms with Gasteiger partial charge in [0, 0.05) is 12.1 Å². The Morgan fingerprint density at radius 2 is 1.71 bits per heavy atom. The number of imide groups is 1. The Hall–Kier alpha value is -1.95. The van der Waals surface area contributed by atoms with Gasteiger partial charge in [-0.2, -0.15) is 0 Å². The number of rotatable bonds is 2. The highest BCUT2D eigenvalue weighted by Crippen LogP contribution is 2.42. The molecule has 0 bridgehead atoms. The van der Waals surface area contributed by atoms with Crippen LogP contribution in [0.4, 0.5) is 11.4 Å². The number of benzene rings is 1. The third-order valence-corrected chi connectivity index (χ3v) is 4.53. The fourth-order valence-electron chi connectivity index (χ4n) is 3.19. The molecule has 7 heteroatoms. The number of nitro groups is 1. The number of hydrogen-bond acceptors (Lipinski definition) is 4. The van der Waals surface area contributed by atoms with Crippen LogP contribution in [0.25, 0.3) is 0 Å². The molecule has 1 aliphatic heterocycles. The van der Waals surface area contributed by atoms with Gasteiger partial charge in [-0.25, -0.2) is 4.90 Å². The summed E-state index contributed by atoms with van der Waals surface area (Å²) in [7, 11) is 0. The molecule has 1 saturated heterocycles. The number of hydrogen-bond donors (Lipinski definition) is 0. The summed E-state index contributed by atoms with van der Waals surface area (Å²) in [5.74, 6) is -1.00. The summed E-state index contributed by atoms with van der Waals surface area (Å²) >= 11 is 6.03. The summed E-state index contributed by atoms with van der Waals surface area (Å²) in [6, 6.07) is 3.79. The van der Waals surface area contributed by atoms with Gasteiger partial charge in [-0.1, -0.05) is 24.4 Å². The van der Waals surface area contributed by atoms with Crippen LogP contribution in [-0.2, 0) is 9.59 Å². The average Bonchev–Trinajstić information content (AvgIpc) is 2.72. The molecule has 0 N–H and O–H groups in total. The first kappa shape index (κ1) is 14.0. The van der Waals surface area contributed by atoms with Crippen molar-refractivity contribution in [3.05, 3.63) is 33.3 Å². The lowest BCUT2D eigenvalue weighted by Gasteiger charge is -2.19. The van der Waals surface area contributed by atoms with E-state index in [4.69, 9.17) is 11.6 Å². The molecule has 21 heavy (non-hydrogen) atoms. The number of nitrogens with zero attached hydrogens (tertiary/aromatic N) is 2. The number of non-ortho nitro benzene ring substituents is 1. The lowest BCUT2D eigenvalue weighted by Crippen LogP contribution is -2.31. The van der Waals surface area contributed by atoms with Crippen LogP contribution in [0, 0.1) is 22.0 Å². The lowest BCUT2D eigenvalue weighted by molar-refractivity contribution is -0.384. The maximum atomic E-state index is 12.4. The summed E-state index contributed by atoms with van der Waals surface area (Å²) < 4.78 is 0. The van der Waals surface area contributed by atoms with E-state index in [-0.39, 0.29) is 40.0 Å². The molecule has 1 aliphatic carbocycles. The van der Waals surface area contributed by atoms with Crippen LogP contribution in [0.15, 0.2) is 18.2 Å². The molecule has 2 amide bonds. The summed E-state index contributed by atoms with van der Waals surface area (Å²) in [6.45, 7) is 0. The van der Waals surface area contributed by atoms with Crippen LogP contribution < -0.4 is 4.90 Å². The second-order valence-corrected chi connectivity index (χ2v) is 5.81. The Bertz CT molecular complexity index is 622. The molecule has 0 aromatic heterocycles. The molecule has 3 rings (SSSR count). The van der Waals surface area contributed by atoms with Gasteiger partial charge in [0.05, 0.1) is 27.5 Å². The van der Waals surface area contributed by atoms with E-state index in [0.29, 0.717) is 0 Å². The molecule has 2 atom stereocenters. The van der Waals surface area contributed by atoms with Crippen molar-refractivity contribution in [3.63, 3.8) is 0 Å². The standard InChI is InChI=1S/C14H13ClN2O4/c15-11-7-8(17(20)21)5-6-12(11)16-13(18)9-3-1-2-4-10(9)14(16)19/h5-7,9-10H,1-4H2/t9-,10+. The molecule has 110 valence electrons. The highest BCUT2D eigenvalue weighted by atomic mass is 35.5. The van der Waals surface area contributed by atoms with Crippen molar-refractivity contribution >= 4 is 34.8 Å². The van der Waals surface area contributed by atoms with Crippen LogP contribution in [0.2, 0.25) is 5.02 Å². The average molecular weight is 309 g/mol. The quantitative estimate of drug-likeness (QED) is 0.478. The predicted octanol–water partition coefficient (Wildman–Crippen LogP) is 2.93. The van der Waals surface area contributed by atoms with Gasteiger partial charge in [0.25, 0.3) is 5.69 Å². The number of carbonyl (C=O) groups excluding carboxylic acids is 2. The Balaban J connectivity index is 1.98. The van der Waals surface area contributed by atoms with E-state index in [1.54, 1.807) is 0 Å².